The summed E-state index contributed by atoms with van der Waals surface area (Å²) in [6.45, 7) is 2.07. The lowest BCUT2D eigenvalue weighted by atomic mass is 9.87. The first-order chi connectivity index (χ1) is 12.3. The molecular formula is C20H24BrF3O2. The van der Waals surface area contributed by atoms with Gasteiger partial charge in [-0.25, -0.2) is 0 Å². The van der Waals surface area contributed by atoms with Gasteiger partial charge in [0.2, 0.25) is 0 Å². The molecule has 1 unspecified atom stereocenters. The molecule has 0 N–H and O–H groups in total. The summed E-state index contributed by atoms with van der Waals surface area (Å²) in [4.78, 5) is 12.1. The smallest absolute Gasteiger partial charge is 0.357 e. The van der Waals surface area contributed by atoms with Crippen LogP contribution in [0.5, 0.6) is 0 Å². The summed E-state index contributed by atoms with van der Waals surface area (Å²) in [5.74, 6) is -0.397. The minimum Gasteiger partial charge on any atom is -0.357 e. The summed E-state index contributed by atoms with van der Waals surface area (Å²) >= 11 is 3.32. The molecule has 0 amide bonds. The van der Waals surface area contributed by atoms with Gasteiger partial charge >= 0.3 is 6.18 Å². The van der Waals surface area contributed by atoms with Crippen LogP contribution in [-0.2, 0) is 9.53 Å². The van der Waals surface area contributed by atoms with Crippen molar-refractivity contribution in [1.29, 1.82) is 0 Å². The number of rotatable bonds is 7. The van der Waals surface area contributed by atoms with E-state index in [9.17, 15) is 18.0 Å². The first kappa shape index (κ1) is 21.2. The molecule has 0 saturated carbocycles. The Morgan fingerprint density at radius 1 is 1.27 bits per heavy atom. The van der Waals surface area contributed by atoms with Gasteiger partial charge in [0.1, 0.15) is 5.78 Å². The van der Waals surface area contributed by atoms with Gasteiger partial charge < -0.3 is 4.74 Å². The van der Waals surface area contributed by atoms with E-state index in [0.717, 1.165) is 31.8 Å². The number of carbonyl (C=O) groups excluding carboxylic acids is 1. The van der Waals surface area contributed by atoms with E-state index in [0.29, 0.717) is 16.5 Å². The third-order valence-electron chi connectivity index (χ3n) is 4.59. The summed E-state index contributed by atoms with van der Waals surface area (Å²) < 4.78 is 47.7. The maximum atomic E-state index is 13.8. The minimum atomic E-state index is -4.65. The van der Waals surface area contributed by atoms with Crippen LogP contribution in [0.1, 0.15) is 57.4 Å². The highest BCUT2D eigenvalue weighted by molar-refractivity contribution is 9.10. The number of ketones is 1. The number of carbonyl (C=O) groups is 1. The van der Waals surface area contributed by atoms with Crippen LogP contribution in [0.3, 0.4) is 0 Å². The predicted molar refractivity (Wildman–Crippen MR) is 99.8 cm³/mol. The van der Waals surface area contributed by atoms with Crippen molar-refractivity contribution in [3.8, 4) is 0 Å². The molecule has 2 atom stereocenters. The van der Waals surface area contributed by atoms with Gasteiger partial charge in [0, 0.05) is 17.3 Å². The zero-order valence-corrected chi connectivity index (χ0v) is 16.4. The van der Waals surface area contributed by atoms with Crippen LogP contribution in [0.15, 0.2) is 34.8 Å². The molecule has 1 aliphatic heterocycles. The topological polar surface area (TPSA) is 26.3 Å². The molecule has 1 heterocycles. The second-order valence-electron chi connectivity index (χ2n) is 6.75. The average Bonchev–Trinajstić information content (AvgIpc) is 2.57. The Hall–Kier alpha value is -1.14. The number of alkyl halides is 3. The van der Waals surface area contributed by atoms with Crippen LogP contribution >= 0.6 is 15.9 Å². The van der Waals surface area contributed by atoms with E-state index in [1.807, 2.05) is 0 Å². The summed E-state index contributed by atoms with van der Waals surface area (Å²) in [7, 11) is 0. The molecule has 2 nitrogen and oxygen atoms in total. The molecule has 1 saturated heterocycles. The largest absolute Gasteiger partial charge is 0.421 e. The molecule has 1 fully saturated rings. The van der Waals surface area contributed by atoms with Crippen LogP contribution in [0.25, 0.3) is 6.08 Å². The van der Waals surface area contributed by atoms with E-state index >= 15 is 0 Å². The van der Waals surface area contributed by atoms with Gasteiger partial charge in [0.15, 0.2) is 5.60 Å². The van der Waals surface area contributed by atoms with Crippen molar-refractivity contribution < 1.29 is 22.7 Å². The van der Waals surface area contributed by atoms with Crippen LogP contribution in [0.4, 0.5) is 13.2 Å². The van der Waals surface area contributed by atoms with Gasteiger partial charge in [-0.3, -0.25) is 4.79 Å². The molecule has 0 aliphatic carbocycles. The number of Topliss-reactive ketones (excluding diaryl/α,β-unsaturated/α-hetero) is 1. The second-order valence-corrected chi connectivity index (χ2v) is 7.61. The molecule has 0 bridgehead atoms. The normalized spacial score (nSPS) is 24.3. The minimum absolute atomic E-state index is 0.0623. The van der Waals surface area contributed by atoms with Crippen molar-refractivity contribution in [2.24, 2.45) is 0 Å². The monoisotopic (exact) mass is 432 g/mol. The fourth-order valence-electron chi connectivity index (χ4n) is 3.15. The molecule has 0 spiro atoms. The van der Waals surface area contributed by atoms with Crippen molar-refractivity contribution in [3.05, 3.63) is 40.4 Å². The highest BCUT2D eigenvalue weighted by atomic mass is 79.9. The standard InChI is InChI=1S/C20H24BrF3O2/c1-2-3-4-5-9-17-13-16(25)14-19(26-17,20(22,23)24)12-11-15-8-6-7-10-18(15)21/h6-8,10-12,17H,2-5,9,13-14H2,1H3/b12-11+/t17-,19?/m1/s1. The Kier molecular flexibility index (Phi) is 7.47. The fraction of sp³-hybridized carbons (Fsp3) is 0.550. The Morgan fingerprint density at radius 2 is 2.00 bits per heavy atom. The van der Waals surface area contributed by atoms with Crippen LogP contribution < -0.4 is 0 Å². The van der Waals surface area contributed by atoms with E-state index in [1.54, 1.807) is 24.3 Å². The maximum absolute atomic E-state index is 13.8. The first-order valence-electron chi connectivity index (χ1n) is 8.97. The predicted octanol–water partition coefficient (Wildman–Crippen LogP) is 6.48. The van der Waals surface area contributed by atoms with Crippen molar-refractivity contribution in [1.82, 2.24) is 0 Å². The average molecular weight is 433 g/mol. The van der Waals surface area contributed by atoms with Crippen LogP contribution in [0, 0.1) is 0 Å². The van der Waals surface area contributed by atoms with E-state index in [2.05, 4.69) is 22.9 Å². The molecule has 2 rings (SSSR count). The van der Waals surface area contributed by atoms with Crippen LogP contribution in [-0.4, -0.2) is 23.7 Å². The molecule has 1 aromatic carbocycles. The molecule has 26 heavy (non-hydrogen) atoms. The summed E-state index contributed by atoms with van der Waals surface area (Å²) in [6, 6.07) is 6.99. The van der Waals surface area contributed by atoms with Gasteiger partial charge in [-0.15, -0.1) is 0 Å². The van der Waals surface area contributed by atoms with Gasteiger partial charge in [-0.05, 0) is 24.1 Å². The fourth-order valence-corrected chi connectivity index (χ4v) is 3.57. The molecule has 1 aromatic rings. The second kappa shape index (κ2) is 9.18. The SMILES string of the molecule is CCCCCC[C@@H]1CC(=O)CC(/C=C/c2ccccc2Br)(C(F)(F)F)O1. The quantitative estimate of drug-likeness (QED) is 0.460. The van der Waals surface area contributed by atoms with Crippen molar-refractivity contribution >= 4 is 27.8 Å². The molecule has 1 aliphatic rings. The summed E-state index contributed by atoms with van der Waals surface area (Å²) in [5, 5.41) is 0. The highest BCUT2D eigenvalue weighted by Crippen LogP contribution is 2.43. The Balaban J connectivity index is 2.21. The number of unbranched alkanes of at least 4 members (excludes halogenated alkanes) is 3. The lowest BCUT2D eigenvalue weighted by molar-refractivity contribution is -0.278. The molecule has 0 aromatic heterocycles. The lowest BCUT2D eigenvalue weighted by Gasteiger charge is -2.40. The van der Waals surface area contributed by atoms with E-state index in [-0.39, 0.29) is 6.42 Å². The summed E-state index contributed by atoms with van der Waals surface area (Å²) in [6.07, 6.45) is 0.722. The van der Waals surface area contributed by atoms with Crippen molar-refractivity contribution in [3.63, 3.8) is 0 Å². The first-order valence-corrected chi connectivity index (χ1v) is 9.77. The van der Waals surface area contributed by atoms with E-state index < -0.39 is 30.1 Å². The van der Waals surface area contributed by atoms with Crippen molar-refractivity contribution in [2.75, 3.05) is 0 Å². The lowest BCUT2D eigenvalue weighted by Crippen LogP contribution is -2.53. The number of ether oxygens (including phenoxy) is 1. The van der Waals surface area contributed by atoms with Gasteiger partial charge in [0.05, 0.1) is 6.10 Å². The number of hydrogen-bond acceptors (Lipinski definition) is 2. The third kappa shape index (κ3) is 5.43. The maximum Gasteiger partial charge on any atom is 0.421 e. The van der Waals surface area contributed by atoms with Gasteiger partial charge in [-0.1, -0.05) is 72.8 Å². The van der Waals surface area contributed by atoms with E-state index in [1.165, 1.54) is 6.08 Å². The number of halogens is 4. The Labute approximate surface area is 160 Å². The number of benzene rings is 1. The number of hydrogen-bond donors (Lipinski definition) is 0. The molecule has 144 valence electrons. The van der Waals surface area contributed by atoms with E-state index in [4.69, 9.17) is 4.74 Å². The zero-order chi connectivity index (χ0) is 19.2. The zero-order valence-electron chi connectivity index (χ0n) is 14.8. The third-order valence-corrected chi connectivity index (χ3v) is 5.31. The molecule has 0 radical (unpaired) electrons. The van der Waals surface area contributed by atoms with Gasteiger partial charge in [-0.2, -0.15) is 13.2 Å². The Morgan fingerprint density at radius 3 is 2.65 bits per heavy atom. The van der Waals surface area contributed by atoms with Gasteiger partial charge in [0.25, 0.3) is 0 Å². The molecular weight excluding hydrogens is 409 g/mol. The Bertz CT molecular complexity index is 642. The van der Waals surface area contributed by atoms with Crippen molar-refractivity contribution in [2.45, 2.75) is 69.8 Å². The molecule has 6 heteroatoms. The van der Waals surface area contributed by atoms with Crippen LogP contribution in [0.2, 0.25) is 0 Å². The summed E-state index contributed by atoms with van der Waals surface area (Å²) in [5.41, 5.74) is -1.94. The highest BCUT2D eigenvalue weighted by Gasteiger charge is 2.58.